The van der Waals surface area contributed by atoms with Crippen LogP contribution in [0.3, 0.4) is 0 Å². The number of piperidine rings is 1. The molecule has 0 atom stereocenters. The smallest absolute Gasteiger partial charge is 0.334 e. The normalized spacial score (nSPS) is 14.8. The van der Waals surface area contributed by atoms with Gasteiger partial charge in [0.25, 0.3) is 0 Å². The van der Waals surface area contributed by atoms with E-state index >= 15 is 8.78 Å². The Morgan fingerprint density at radius 1 is 0.926 bits per heavy atom. The molecule has 1 aromatic heterocycles. The molecule has 12 heteroatoms. The molecule has 2 N–H and O–H groups in total. The van der Waals surface area contributed by atoms with E-state index in [1.165, 1.54) is 40.9 Å². The Hall–Kier alpha value is -5.07. The largest absolute Gasteiger partial charge is 0.388 e. The monoisotopic (exact) mass is 756 g/mol. The number of likely N-dealkylation sites (tertiary alicyclic amines) is 1. The number of carbonyl (C=O) groups excluding carboxylic acids is 3. The highest BCUT2D eigenvalue weighted by Crippen LogP contribution is 2.51. The number of para-hydroxylation sites is 1. The average Bonchev–Trinajstić information content (AvgIpc) is 3.56. The van der Waals surface area contributed by atoms with Gasteiger partial charge in [0.05, 0.1) is 17.9 Å². The summed E-state index contributed by atoms with van der Waals surface area (Å²) in [5.74, 6) is -1.23. The van der Waals surface area contributed by atoms with Crippen molar-refractivity contribution in [3.8, 4) is 10.4 Å². The summed E-state index contributed by atoms with van der Waals surface area (Å²) in [6.07, 6.45) is 7.08. The third-order valence-electron chi connectivity index (χ3n) is 9.51. The molecule has 2 aliphatic rings. The van der Waals surface area contributed by atoms with Crippen LogP contribution in [0.1, 0.15) is 62.6 Å². The standard InChI is InChI=1S/C39H43F2N5O2S.C3H7NO/c1-4-12-34-36-31(25-43(3)24-21-35(47)44-22-9-6-10-23-44)37(27-17-19-28(42-2)20-18-27)49-38(36)45(26-30-32(40)15-11-16-33(30)41)39(48)46(34)29-13-7-5-8-14-29;1-2-4-3-5/h5,7-8,11-20,42H,4,6,9-10,21-26H2,1-3H3;3H,2H2,1H3,(H,4,5)/b34-12+;. The number of allylic oxidation sites excluding steroid dienone is 1. The molecule has 0 unspecified atom stereocenters. The summed E-state index contributed by atoms with van der Waals surface area (Å²) < 4.78 is 30.3. The maximum absolute atomic E-state index is 15.2. The quantitative estimate of drug-likeness (QED) is 0.133. The minimum atomic E-state index is -0.701. The lowest BCUT2D eigenvalue weighted by Crippen LogP contribution is -2.46. The maximum Gasteiger partial charge on any atom is 0.334 e. The van der Waals surface area contributed by atoms with E-state index in [1.807, 2.05) is 87.4 Å². The van der Waals surface area contributed by atoms with Gasteiger partial charge in [0.15, 0.2) is 0 Å². The fraction of sp³-hybridized carbons (Fsp3) is 0.357. The molecular formula is C42H50F2N6O3S. The topological polar surface area (TPSA) is 88.2 Å². The van der Waals surface area contributed by atoms with Gasteiger partial charge in [-0.1, -0.05) is 49.4 Å². The number of anilines is 3. The van der Waals surface area contributed by atoms with Crippen LogP contribution in [0.15, 0.2) is 78.9 Å². The zero-order chi connectivity index (χ0) is 38.6. The highest BCUT2D eigenvalue weighted by atomic mass is 32.1. The van der Waals surface area contributed by atoms with Gasteiger partial charge in [-0.15, -0.1) is 11.3 Å². The van der Waals surface area contributed by atoms with Crippen LogP contribution in [0, 0.1) is 11.6 Å². The van der Waals surface area contributed by atoms with Gasteiger partial charge >= 0.3 is 6.03 Å². The number of halogens is 2. The molecule has 2 aliphatic heterocycles. The van der Waals surface area contributed by atoms with Gasteiger partial charge in [0, 0.05) is 67.9 Å². The van der Waals surface area contributed by atoms with Gasteiger partial charge in [-0.3, -0.25) is 19.4 Å². The van der Waals surface area contributed by atoms with Crippen molar-refractivity contribution < 1.29 is 23.2 Å². The zero-order valence-corrected chi connectivity index (χ0v) is 32.4. The van der Waals surface area contributed by atoms with Crippen molar-refractivity contribution in [3.63, 3.8) is 0 Å². The van der Waals surface area contributed by atoms with Crippen LogP contribution in [-0.2, 0) is 22.7 Å². The highest BCUT2D eigenvalue weighted by Gasteiger charge is 2.40. The second-order valence-corrected chi connectivity index (χ2v) is 14.3. The van der Waals surface area contributed by atoms with Gasteiger partial charge in [0.1, 0.15) is 16.6 Å². The van der Waals surface area contributed by atoms with Gasteiger partial charge in [-0.25, -0.2) is 13.6 Å². The van der Waals surface area contributed by atoms with E-state index in [0.717, 1.165) is 65.4 Å². The Balaban J connectivity index is 0.00000105. The minimum Gasteiger partial charge on any atom is -0.388 e. The maximum atomic E-state index is 15.2. The highest BCUT2D eigenvalue weighted by molar-refractivity contribution is 7.20. The average molecular weight is 757 g/mol. The van der Waals surface area contributed by atoms with Crippen molar-refractivity contribution in [3.05, 3.63) is 107 Å². The third kappa shape index (κ3) is 9.34. The number of thiophene rings is 1. The summed E-state index contributed by atoms with van der Waals surface area (Å²) in [5.41, 5.74) is 5.02. The van der Waals surface area contributed by atoms with E-state index < -0.39 is 11.6 Å². The molecule has 4 aromatic rings. The molecule has 0 radical (unpaired) electrons. The number of amides is 4. The summed E-state index contributed by atoms with van der Waals surface area (Å²) in [6, 6.07) is 20.9. The summed E-state index contributed by atoms with van der Waals surface area (Å²) in [5, 5.41) is 6.24. The van der Waals surface area contributed by atoms with Crippen LogP contribution in [0.25, 0.3) is 16.1 Å². The van der Waals surface area contributed by atoms with E-state index in [4.69, 9.17) is 0 Å². The number of nitrogens with zero attached hydrogens (tertiary/aromatic N) is 4. The van der Waals surface area contributed by atoms with Crippen molar-refractivity contribution in [1.29, 1.82) is 0 Å². The molecule has 1 fully saturated rings. The summed E-state index contributed by atoms with van der Waals surface area (Å²) in [4.78, 5) is 45.3. The van der Waals surface area contributed by atoms with Gasteiger partial charge in [-0.05, 0) is 87.2 Å². The molecule has 286 valence electrons. The lowest BCUT2D eigenvalue weighted by Gasteiger charge is -2.38. The molecule has 9 nitrogen and oxygen atoms in total. The SMILES string of the molecule is CC/C=C1\c2c(sc(-c3ccc(NC)cc3)c2CN(C)CCC(=O)N2CCCCC2)N(Cc2c(F)cccc2F)C(=O)N1c1ccccc1.CCNC=O. The first-order valence-corrected chi connectivity index (χ1v) is 19.4. The number of benzene rings is 3. The number of fused-ring (bicyclic) bond motifs is 1. The summed E-state index contributed by atoms with van der Waals surface area (Å²) >= 11 is 1.46. The van der Waals surface area contributed by atoms with E-state index in [1.54, 1.807) is 4.90 Å². The Labute approximate surface area is 321 Å². The van der Waals surface area contributed by atoms with E-state index in [0.29, 0.717) is 43.0 Å². The second-order valence-electron chi connectivity index (χ2n) is 13.3. The molecule has 6 rings (SSSR count). The van der Waals surface area contributed by atoms with Crippen LogP contribution in [0.2, 0.25) is 0 Å². The third-order valence-corrected chi connectivity index (χ3v) is 10.8. The van der Waals surface area contributed by atoms with Gasteiger partial charge in [0.2, 0.25) is 12.3 Å². The number of carbonyl (C=O) groups is 3. The minimum absolute atomic E-state index is 0.166. The molecule has 3 aromatic carbocycles. The Morgan fingerprint density at radius 3 is 2.20 bits per heavy atom. The van der Waals surface area contributed by atoms with E-state index in [2.05, 4.69) is 21.6 Å². The second kappa shape index (κ2) is 19.3. The first kappa shape index (κ1) is 40.1. The fourth-order valence-corrected chi connectivity index (χ4v) is 8.04. The molecule has 0 aliphatic carbocycles. The van der Waals surface area contributed by atoms with Crippen molar-refractivity contribution >= 4 is 51.8 Å². The lowest BCUT2D eigenvalue weighted by molar-refractivity contribution is -0.132. The number of nitrogens with one attached hydrogen (secondary N) is 2. The zero-order valence-electron chi connectivity index (χ0n) is 31.5. The number of urea groups is 1. The number of hydrogen-bond donors (Lipinski definition) is 2. The van der Waals surface area contributed by atoms with Gasteiger partial charge < -0.3 is 20.4 Å². The molecule has 54 heavy (non-hydrogen) atoms. The number of hydrogen-bond acceptors (Lipinski definition) is 6. The van der Waals surface area contributed by atoms with Crippen LogP contribution in [0.4, 0.5) is 30.0 Å². The van der Waals surface area contributed by atoms with E-state index in [9.17, 15) is 14.4 Å². The van der Waals surface area contributed by atoms with Crippen LogP contribution in [-0.4, -0.2) is 68.4 Å². The van der Waals surface area contributed by atoms with Gasteiger partial charge in [-0.2, -0.15) is 0 Å². The molecule has 0 bridgehead atoms. The molecule has 1 saturated heterocycles. The predicted octanol–water partition coefficient (Wildman–Crippen LogP) is 8.72. The Morgan fingerprint density at radius 2 is 1.61 bits per heavy atom. The lowest BCUT2D eigenvalue weighted by atomic mass is 9.98. The van der Waals surface area contributed by atoms with Crippen molar-refractivity contribution in [1.82, 2.24) is 15.1 Å². The van der Waals surface area contributed by atoms with Crippen LogP contribution in [0.5, 0.6) is 0 Å². The molecule has 0 saturated carbocycles. The molecule has 4 amide bonds. The fourth-order valence-electron chi connectivity index (χ4n) is 6.72. The van der Waals surface area contributed by atoms with Crippen molar-refractivity contribution in [2.45, 2.75) is 59.0 Å². The van der Waals surface area contributed by atoms with Crippen LogP contribution >= 0.6 is 11.3 Å². The molecule has 3 heterocycles. The summed E-state index contributed by atoms with van der Waals surface area (Å²) in [7, 11) is 3.88. The summed E-state index contributed by atoms with van der Waals surface area (Å²) in [6.45, 7) is 7.06. The predicted molar refractivity (Wildman–Crippen MR) is 216 cm³/mol. The first-order chi connectivity index (χ1) is 26.2. The van der Waals surface area contributed by atoms with E-state index in [-0.39, 0.29) is 24.0 Å². The first-order valence-electron chi connectivity index (χ1n) is 18.6. The van der Waals surface area contributed by atoms with Crippen molar-refractivity contribution in [2.75, 3.05) is 55.4 Å². The Bertz CT molecular complexity index is 1890. The molecule has 0 spiro atoms. The van der Waals surface area contributed by atoms with Crippen molar-refractivity contribution in [2.24, 2.45) is 0 Å². The van der Waals surface area contributed by atoms with Crippen LogP contribution < -0.4 is 20.4 Å². The molecular weight excluding hydrogens is 707 g/mol. The number of rotatable bonds is 13. The Kier molecular flexibility index (Phi) is 14.4.